The maximum Gasteiger partial charge on any atom is 0.240 e. The Kier molecular flexibility index (Phi) is 6.08. The van der Waals surface area contributed by atoms with E-state index in [0.717, 1.165) is 76.8 Å². The van der Waals surface area contributed by atoms with E-state index in [9.17, 15) is 4.79 Å². The van der Waals surface area contributed by atoms with Crippen LogP contribution in [0, 0.1) is 5.92 Å². The van der Waals surface area contributed by atoms with E-state index in [4.69, 9.17) is 4.52 Å². The van der Waals surface area contributed by atoms with Crippen LogP contribution in [0.15, 0.2) is 4.52 Å². The zero-order valence-electron chi connectivity index (χ0n) is 16.6. The number of amides is 1. The Morgan fingerprint density at radius 2 is 1.85 bits per heavy atom. The molecule has 27 heavy (non-hydrogen) atoms. The van der Waals surface area contributed by atoms with E-state index in [2.05, 4.69) is 24.8 Å². The van der Waals surface area contributed by atoms with Crippen molar-refractivity contribution in [2.75, 3.05) is 39.3 Å². The minimum atomic E-state index is 0.223. The molecule has 3 aliphatic heterocycles. The van der Waals surface area contributed by atoms with E-state index < -0.39 is 0 Å². The van der Waals surface area contributed by atoms with Crippen LogP contribution in [0.2, 0.25) is 0 Å². The number of hydrogen-bond donors (Lipinski definition) is 0. The number of carbonyl (C=O) groups is 1. The van der Waals surface area contributed by atoms with Gasteiger partial charge in [-0.2, -0.15) is 4.98 Å². The van der Waals surface area contributed by atoms with Crippen LogP contribution in [-0.2, 0) is 17.8 Å². The molecule has 1 aromatic heterocycles. The number of piperidine rings is 2. The lowest BCUT2D eigenvalue weighted by Gasteiger charge is -2.42. The predicted octanol–water partition coefficient (Wildman–Crippen LogP) is 1.93. The van der Waals surface area contributed by atoms with Gasteiger partial charge < -0.3 is 9.42 Å². The lowest BCUT2D eigenvalue weighted by Crippen LogP contribution is -2.51. The fourth-order valence-electron chi connectivity index (χ4n) is 4.87. The number of likely N-dealkylation sites (tertiary alicyclic amines) is 3. The maximum absolute atomic E-state index is 12.8. The highest BCUT2D eigenvalue weighted by molar-refractivity contribution is 5.79. The van der Waals surface area contributed by atoms with Crippen LogP contribution in [0.3, 0.4) is 0 Å². The van der Waals surface area contributed by atoms with Gasteiger partial charge in [0.25, 0.3) is 0 Å². The molecule has 150 valence electrons. The van der Waals surface area contributed by atoms with Crippen molar-refractivity contribution in [3.63, 3.8) is 0 Å². The van der Waals surface area contributed by atoms with Gasteiger partial charge in [-0.15, -0.1) is 0 Å². The van der Waals surface area contributed by atoms with Crippen LogP contribution in [-0.4, -0.2) is 76.1 Å². The van der Waals surface area contributed by atoms with Gasteiger partial charge in [-0.05, 0) is 45.1 Å². The molecule has 0 spiro atoms. The molecule has 0 aliphatic carbocycles. The molecule has 3 saturated heterocycles. The largest absolute Gasteiger partial charge is 0.342 e. The molecule has 0 radical (unpaired) electrons. The highest BCUT2D eigenvalue weighted by Crippen LogP contribution is 2.26. The second kappa shape index (κ2) is 8.69. The molecule has 4 heterocycles. The quantitative estimate of drug-likeness (QED) is 0.784. The molecule has 3 fully saturated rings. The monoisotopic (exact) mass is 375 g/mol. The van der Waals surface area contributed by atoms with Crippen molar-refractivity contribution < 1.29 is 9.32 Å². The summed E-state index contributed by atoms with van der Waals surface area (Å²) in [5.74, 6) is 2.17. The summed E-state index contributed by atoms with van der Waals surface area (Å²) >= 11 is 0. The summed E-state index contributed by atoms with van der Waals surface area (Å²) in [5.41, 5.74) is 0. The van der Waals surface area contributed by atoms with E-state index in [1.165, 1.54) is 25.7 Å². The molecule has 4 rings (SSSR count). The normalized spacial score (nSPS) is 26.0. The van der Waals surface area contributed by atoms with E-state index in [1.807, 2.05) is 6.92 Å². The van der Waals surface area contributed by atoms with Gasteiger partial charge >= 0.3 is 0 Å². The average Bonchev–Trinajstić information content (AvgIpc) is 3.40. The molecule has 7 nitrogen and oxygen atoms in total. The van der Waals surface area contributed by atoms with Crippen molar-refractivity contribution in [2.45, 2.75) is 64.5 Å². The minimum absolute atomic E-state index is 0.223. The number of aryl methyl sites for hydroxylation is 1. The van der Waals surface area contributed by atoms with E-state index in [1.54, 1.807) is 0 Å². The van der Waals surface area contributed by atoms with Crippen molar-refractivity contribution in [3.05, 3.63) is 11.7 Å². The van der Waals surface area contributed by atoms with Crippen molar-refractivity contribution in [2.24, 2.45) is 5.92 Å². The summed E-state index contributed by atoms with van der Waals surface area (Å²) in [6.07, 6.45) is 7.74. The molecule has 1 aromatic rings. The Bertz CT molecular complexity index is 620. The van der Waals surface area contributed by atoms with E-state index >= 15 is 0 Å². The summed E-state index contributed by atoms with van der Waals surface area (Å²) in [4.78, 5) is 24.3. The molecule has 0 N–H and O–H groups in total. The summed E-state index contributed by atoms with van der Waals surface area (Å²) < 4.78 is 5.34. The Morgan fingerprint density at radius 1 is 1.07 bits per heavy atom. The number of hydrogen-bond acceptors (Lipinski definition) is 6. The van der Waals surface area contributed by atoms with Crippen LogP contribution >= 0.6 is 0 Å². The first kappa shape index (κ1) is 18.9. The second-order valence-electron chi connectivity index (χ2n) is 8.33. The Balaban J connectivity index is 1.25. The van der Waals surface area contributed by atoms with Crippen molar-refractivity contribution in [3.8, 4) is 0 Å². The van der Waals surface area contributed by atoms with Gasteiger partial charge in [0.2, 0.25) is 11.8 Å². The first-order valence-electron chi connectivity index (χ1n) is 10.8. The van der Waals surface area contributed by atoms with Gasteiger partial charge in [0.05, 0.1) is 12.5 Å². The number of nitrogens with zero attached hydrogens (tertiary/aromatic N) is 5. The Hall–Kier alpha value is -1.47. The zero-order chi connectivity index (χ0) is 18.6. The van der Waals surface area contributed by atoms with Crippen LogP contribution in [0.4, 0.5) is 0 Å². The molecule has 3 aliphatic rings. The Labute approximate surface area is 162 Å². The molecule has 0 aromatic carbocycles. The minimum Gasteiger partial charge on any atom is -0.342 e. The summed E-state index contributed by atoms with van der Waals surface area (Å²) in [6, 6.07) is 0.615. The standard InChI is InChI=1S/C20H33N5O2/c1-2-18-21-19(27-22-18)15-23-12-7-17(8-13-23)25-11-5-6-16(14-25)20(26)24-9-3-4-10-24/h16-17H,2-15H2,1H3. The smallest absolute Gasteiger partial charge is 0.240 e. The number of rotatable bonds is 5. The third kappa shape index (κ3) is 4.51. The first-order valence-corrected chi connectivity index (χ1v) is 10.8. The van der Waals surface area contributed by atoms with Crippen LogP contribution < -0.4 is 0 Å². The van der Waals surface area contributed by atoms with Crippen molar-refractivity contribution in [1.82, 2.24) is 24.8 Å². The van der Waals surface area contributed by atoms with E-state index in [0.29, 0.717) is 11.9 Å². The molecule has 1 amide bonds. The van der Waals surface area contributed by atoms with Gasteiger partial charge in [-0.3, -0.25) is 14.6 Å². The first-order chi connectivity index (χ1) is 13.2. The van der Waals surface area contributed by atoms with Crippen LogP contribution in [0.5, 0.6) is 0 Å². The van der Waals surface area contributed by atoms with Crippen LogP contribution in [0.25, 0.3) is 0 Å². The highest BCUT2D eigenvalue weighted by atomic mass is 16.5. The van der Waals surface area contributed by atoms with Crippen LogP contribution in [0.1, 0.15) is 57.2 Å². The summed E-state index contributed by atoms with van der Waals surface area (Å²) in [6.45, 7) is 9.00. The predicted molar refractivity (Wildman–Crippen MR) is 102 cm³/mol. The van der Waals surface area contributed by atoms with Crippen molar-refractivity contribution in [1.29, 1.82) is 0 Å². The maximum atomic E-state index is 12.8. The lowest BCUT2D eigenvalue weighted by atomic mass is 9.93. The average molecular weight is 376 g/mol. The Morgan fingerprint density at radius 3 is 2.56 bits per heavy atom. The van der Waals surface area contributed by atoms with Gasteiger partial charge in [0.15, 0.2) is 5.82 Å². The SMILES string of the molecule is CCc1noc(CN2CCC(N3CCCC(C(=O)N4CCCC4)C3)CC2)n1. The van der Waals surface area contributed by atoms with Gasteiger partial charge in [-0.25, -0.2) is 0 Å². The second-order valence-corrected chi connectivity index (χ2v) is 8.33. The molecular weight excluding hydrogens is 342 g/mol. The molecule has 1 atom stereocenters. The van der Waals surface area contributed by atoms with Gasteiger partial charge in [0, 0.05) is 45.2 Å². The topological polar surface area (TPSA) is 65.7 Å². The molecule has 7 heteroatoms. The fourth-order valence-corrected chi connectivity index (χ4v) is 4.87. The highest BCUT2D eigenvalue weighted by Gasteiger charge is 2.34. The third-order valence-corrected chi connectivity index (χ3v) is 6.48. The molecule has 0 saturated carbocycles. The molecule has 0 bridgehead atoms. The third-order valence-electron chi connectivity index (χ3n) is 6.48. The summed E-state index contributed by atoms with van der Waals surface area (Å²) in [5, 5.41) is 3.99. The zero-order valence-corrected chi connectivity index (χ0v) is 16.6. The fraction of sp³-hybridized carbons (Fsp3) is 0.850. The van der Waals surface area contributed by atoms with Gasteiger partial charge in [0.1, 0.15) is 0 Å². The molecule has 1 unspecified atom stereocenters. The van der Waals surface area contributed by atoms with Gasteiger partial charge in [-0.1, -0.05) is 12.1 Å². The lowest BCUT2D eigenvalue weighted by molar-refractivity contribution is -0.136. The molecular formula is C20H33N5O2. The van der Waals surface area contributed by atoms with Crippen molar-refractivity contribution >= 4 is 5.91 Å². The number of carbonyl (C=O) groups excluding carboxylic acids is 1. The van der Waals surface area contributed by atoms with E-state index in [-0.39, 0.29) is 5.92 Å². The summed E-state index contributed by atoms with van der Waals surface area (Å²) in [7, 11) is 0. The number of aromatic nitrogens is 2.